The third kappa shape index (κ3) is 8.64. The monoisotopic (exact) mass is 657 g/mol. The van der Waals surface area contributed by atoms with Gasteiger partial charge in [-0.1, -0.05) is 79.9 Å². The lowest BCUT2D eigenvalue weighted by atomic mass is 10.1. The highest BCUT2D eigenvalue weighted by molar-refractivity contribution is 7.92. The molecule has 43 heavy (non-hydrogen) atoms. The number of carbonyl (C=O) groups is 2. The topological polar surface area (TPSA) is 86.8 Å². The SMILES string of the molecule is CCCCNC(=O)[C@@H](CC)N(Cc1ccccc1Cl)C(=O)CN(c1ccc(Cl)c(C(F)(F)F)c1)S(=O)(=O)c1ccccc1. The molecule has 3 aromatic carbocycles. The molecule has 0 aliphatic heterocycles. The molecule has 0 aliphatic carbocycles. The first-order valence-corrected chi connectivity index (χ1v) is 15.8. The van der Waals surface area contributed by atoms with Crippen LogP contribution < -0.4 is 9.62 Å². The molecule has 0 saturated carbocycles. The summed E-state index contributed by atoms with van der Waals surface area (Å²) < 4.78 is 69.6. The Bertz CT molecular complexity index is 1520. The van der Waals surface area contributed by atoms with Crippen LogP contribution in [0.2, 0.25) is 10.0 Å². The van der Waals surface area contributed by atoms with Crippen molar-refractivity contribution >= 4 is 50.7 Å². The van der Waals surface area contributed by atoms with E-state index in [0.717, 1.165) is 18.6 Å². The zero-order chi connectivity index (χ0) is 31.8. The lowest BCUT2D eigenvalue weighted by Gasteiger charge is -2.33. The second-order valence-corrected chi connectivity index (χ2v) is 12.3. The summed E-state index contributed by atoms with van der Waals surface area (Å²) in [6, 6.07) is 15.3. The van der Waals surface area contributed by atoms with Gasteiger partial charge in [0.25, 0.3) is 10.0 Å². The predicted molar refractivity (Wildman–Crippen MR) is 161 cm³/mol. The summed E-state index contributed by atoms with van der Waals surface area (Å²) >= 11 is 12.2. The molecule has 13 heteroatoms. The number of carbonyl (C=O) groups excluding carboxylic acids is 2. The standard InChI is InChI=1S/C30H32Cl2F3N3O4S/c1-3-5-17-36-29(40)27(4-2)37(19-21-11-9-10-14-25(21)31)28(39)20-38(43(41,42)23-12-7-6-8-13-23)22-15-16-26(32)24(18-22)30(33,34)35/h6-16,18,27H,3-5,17,19-20H2,1-2H3,(H,36,40)/t27-/m1/s1. The van der Waals surface area contributed by atoms with Gasteiger partial charge in [-0.05, 0) is 54.8 Å². The zero-order valence-corrected chi connectivity index (χ0v) is 25.9. The van der Waals surface area contributed by atoms with Gasteiger partial charge < -0.3 is 10.2 Å². The van der Waals surface area contributed by atoms with Gasteiger partial charge in [-0.3, -0.25) is 13.9 Å². The average Bonchev–Trinajstić information content (AvgIpc) is 2.97. The van der Waals surface area contributed by atoms with Crippen molar-refractivity contribution in [2.24, 2.45) is 0 Å². The summed E-state index contributed by atoms with van der Waals surface area (Å²) in [4.78, 5) is 28.2. The minimum Gasteiger partial charge on any atom is -0.354 e. The molecule has 0 aliphatic rings. The van der Waals surface area contributed by atoms with Crippen molar-refractivity contribution in [3.05, 3.63) is 94.0 Å². The largest absolute Gasteiger partial charge is 0.417 e. The molecule has 0 radical (unpaired) electrons. The Kier molecular flexibility index (Phi) is 11.9. The Labute approximate surface area is 259 Å². The van der Waals surface area contributed by atoms with E-state index < -0.39 is 56.9 Å². The Hall–Kier alpha value is -3.28. The van der Waals surface area contributed by atoms with E-state index in [1.54, 1.807) is 37.3 Å². The Morgan fingerprint density at radius 1 is 0.930 bits per heavy atom. The van der Waals surface area contributed by atoms with Gasteiger partial charge in [0.1, 0.15) is 12.6 Å². The Morgan fingerprint density at radius 2 is 1.58 bits per heavy atom. The van der Waals surface area contributed by atoms with Gasteiger partial charge in [-0.2, -0.15) is 13.2 Å². The second-order valence-electron chi connectivity index (χ2n) is 9.67. The molecular weight excluding hydrogens is 626 g/mol. The van der Waals surface area contributed by atoms with E-state index >= 15 is 0 Å². The summed E-state index contributed by atoms with van der Waals surface area (Å²) in [7, 11) is -4.56. The van der Waals surface area contributed by atoms with Crippen molar-refractivity contribution in [3.8, 4) is 0 Å². The van der Waals surface area contributed by atoms with E-state index in [9.17, 15) is 31.2 Å². The van der Waals surface area contributed by atoms with E-state index in [1.807, 2.05) is 6.92 Å². The van der Waals surface area contributed by atoms with Crippen LogP contribution in [-0.2, 0) is 32.3 Å². The molecule has 0 bridgehead atoms. The fraction of sp³-hybridized carbons (Fsp3) is 0.333. The summed E-state index contributed by atoms with van der Waals surface area (Å²) in [5.41, 5.74) is -1.19. The van der Waals surface area contributed by atoms with Crippen molar-refractivity contribution in [2.45, 2.75) is 56.8 Å². The lowest BCUT2D eigenvalue weighted by Crippen LogP contribution is -2.52. The fourth-order valence-electron chi connectivity index (χ4n) is 4.37. The molecule has 2 amide bonds. The zero-order valence-electron chi connectivity index (χ0n) is 23.6. The number of benzene rings is 3. The van der Waals surface area contributed by atoms with E-state index in [0.29, 0.717) is 33.9 Å². The summed E-state index contributed by atoms with van der Waals surface area (Å²) in [6.45, 7) is 2.98. The maximum absolute atomic E-state index is 14.1. The molecule has 0 saturated heterocycles. The number of nitrogens with one attached hydrogen (secondary N) is 1. The Balaban J connectivity index is 2.12. The third-order valence-corrected chi connectivity index (χ3v) is 9.15. The molecule has 0 aromatic heterocycles. The molecule has 1 atom stereocenters. The van der Waals surface area contributed by atoms with E-state index in [4.69, 9.17) is 23.2 Å². The van der Waals surface area contributed by atoms with Gasteiger partial charge in [-0.25, -0.2) is 8.42 Å². The van der Waals surface area contributed by atoms with Crippen LogP contribution in [0.1, 0.15) is 44.2 Å². The highest BCUT2D eigenvalue weighted by atomic mass is 35.5. The maximum atomic E-state index is 14.1. The molecule has 3 aromatic rings. The number of alkyl halides is 3. The number of sulfonamides is 1. The second kappa shape index (κ2) is 14.9. The van der Waals surface area contributed by atoms with Crippen LogP contribution in [0.5, 0.6) is 0 Å². The molecule has 0 unspecified atom stereocenters. The molecule has 1 N–H and O–H groups in total. The molecule has 3 rings (SSSR count). The number of rotatable bonds is 13. The third-order valence-electron chi connectivity index (χ3n) is 6.67. The van der Waals surface area contributed by atoms with Crippen molar-refractivity contribution in [3.63, 3.8) is 0 Å². The van der Waals surface area contributed by atoms with Gasteiger partial charge in [-0.15, -0.1) is 0 Å². The lowest BCUT2D eigenvalue weighted by molar-refractivity contribution is -0.140. The molecule has 0 heterocycles. The minimum absolute atomic E-state index is 0.147. The van der Waals surface area contributed by atoms with Crippen LogP contribution in [0.25, 0.3) is 0 Å². The first-order chi connectivity index (χ1) is 20.3. The number of anilines is 1. The van der Waals surface area contributed by atoms with Gasteiger partial charge in [0, 0.05) is 18.1 Å². The van der Waals surface area contributed by atoms with E-state index in [2.05, 4.69) is 5.32 Å². The van der Waals surface area contributed by atoms with Gasteiger partial charge in [0.15, 0.2) is 0 Å². The normalized spacial score (nSPS) is 12.4. The first kappa shape index (κ1) is 34.2. The van der Waals surface area contributed by atoms with Crippen LogP contribution in [0.4, 0.5) is 18.9 Å². The van der Waals surface area contributed by atoms with Crippen LogP contribution in [0.3, 0.4) is 0 Å². The average molecular weight is 659 g/mol. The number of amides is 2. The van der Waals surface area contributed by atoms with Gasteiger partial charge >= 0.3 is 6.18 Å². The van der Waals surface area contributed by atoms with Crippen LogP contribution in [0, 0.1) is 0 Å². The number of unbranched alkanes of at least 4 members (excludes halogenated alkanes) is 1. The predicted octanol–water partition coefficient (Wildman–Crippen LogP) is 6.93. The highest BCUT2D eigenvalue weighted by Crippen LogP contribution is 2.38. The number of hydrogen-bond donors (Lipinski definition) is 1. The minimum atomic E-state index is -4.89. The van der Waals surface area contributed by atoms with Crippen molar-refractivity contribution in [2.75, 3.05) is 17.4 Å². The van der Waals surface area contributed by atoms with Crippen LogP contribution >= 0.6 is 23.2 Å². The van der Waals surface area contributed by atoms with Crippen molar-refractivity contribution < 1.29 is 31.2 Å². The van der Waals surface area contributed by atoms with E-state index in [1.165, 1.54) is 29.2 Å². The highest BCUT2D eigenvalue weighted by Gasteiger charge is 2.37. The smallest absolute Gasteiger partial charge is 0.354 e. The van der Waals surface area contributed by atoms with Crippen LogP contribution in [-0.4, -0.2) is 44.3 Å². The summed E-state index contributed by atoms with van der Waals surface area (Å²) in [5, 5.41) is 2.50. The van der Waals surface area contributed by atoms with Gasteiger partial charge in [0.2, 0.25) is 11.8 Å². The molecule has 0 spiro atoms. The maximum Gasteiger partial charge on any atom is 0.417 e. The summed E-state index contributed by atoms with van der Waals surface area (Å²) in [5.74, 6) is -1.26. The molecule has 232 valence electrons. The number of nitrogens with zero attached hydrogens (tertiary/aromatic N) is 2. The van der Waals surface area contributed by atoms with Crippen LogP contribution in [0.15, 0.2) is 77.7 Å². The summed E-state index contributed by atoms with van der Waals surface area (Å²) in [6.07, 6.45) is -3.17. The van der Waals surface area contributed by atoms with Crippen molar-refractivity contribution in [1.82, 2.24) is 10.2 Å². The number of halogens is 5. The number of hydrogen-bond acceptors (Lipinski definition) is 4. The Morgan fingerprint density at radius 3 is 2.19 bits per heavy atom. The molecule has 7 nitrogen and oxygen atoms in total. The quantitative estimate of drug-likeness (QED) is 0.202. The molecular formula is C30H32Cl2F3N3O4S. The van der Waals surface area contributed by atoms with Crippen molar-refractivity contribution in [1.29, 1.82) is 0 Å². The first-order valence-electron chi connectivity index (χ1n) is 13.6. The van der Waals surface area contributed by atoms with Gasteiger partial charge in [0.05, 0.1) is 21.2 Å². The molecule has 0 fully saturated rings. The van der Waals surface area contributed by atoms with E-state index in [-0.39, 0.29) is 17.9 Å². The fourth-order valence-corrected chi connectivity index (χ4v) is 6.22.